The maximum Gasteiger partial charge on any atom is 0.320 e. The summed E-state index contributed by atoms with van der Waals surface area (Å²) in [6, 6.07) is 11.5. The highest BCUT2D eigenvalue weighted by Gasteiger charge is 2.39. The van der Waals surface area contributed by atoms with Gasteiger partial charge in [0, 0.05) is 29.6 Å². The first kappa shape index (κ1) is 17.9. The first-order chi connectivity index (χ1) is 14.1. The van der Waals surface area contributed by atoms with E-state index in [0.717, 1.165) is 15.6 Å². The van der Waals surface area contributed by atoms with Crippen molar-refractivity contribution >= 4 is 38.4 Å². The highest BCUT2D eigenvalue weighted by atomic mass is 32.1. The van der Waals surface area contributed by atoms with Gasteiger partial charge in [0.15, 0.2) is 0 Å². The minimum atomic E-state index is -0.848. The Kier molecular flexibility index (Phi) is 4.35. The van der Waals surface area contributed by atoms with Gasteiger partial charge in [-0.25, -0.2) is 9.18 Å². The van der Waals surface area contributed by atoms with Gasteiger partial charge in [0.1, 0.15) is 17.6 Å². The summed E-state index contributed by atoms with van der Waals surface area (Å²) in [4.78, 5) is 24.9. The summed E-state index contributed by atoms with van der Waals surface area (Å²) in [5.74, 6) is -0.682. The predicted molar refractivity (Wildman–Crippen MR) is 109 cm³/mol. The third-order valence-electron chi connectivity index (χ3n) is 5.34. The summed E-state index contributed by atoms with van der Waals surface area (Å²) < 4.78 is 21.1. The van der Waals surface area contributed by atoms with E-state index in [0.29, 0.717) is 29.3 Å². The largest absolute Gasteiger partial charge is 0.493 e. The standard InChI is InChI=1S/C21H18FN3O3S/c22-15-9-16-11(5-6-28-16)7-13(15)14-10-23-20(26)19(14)25-21(27)24-18-8-12-3-1-2-4-17(12)29-18/h1-4,7-9,14,19H,5-6,10H2,(H,23,26)(H2,24,25,27)/t14-,19-/m0/s1. The molecule has 2 aliphatic rings. The molecule has 2 aromatic carbocycles. The van der Waals surface area contributed by atoms with E-state index < -0.39 is 23.8 Å². The second-order valence-corrected chi connectivity index (χ2v) is 8.24. The van der Waals surface area contributed by atoms with E-state index >= 15 is 0 Å². The number of carbonyl (C=O) groups excluding carboxylic acids is 2. The van der Waals surface area contributed by atoms with Crippen molar-refractivity contribution in [3.8, 4) is 5.75 Å². The average Bonchev–Trinajstić information content (AvgIpc) is 3.40. The Balaban J connectivity index is 1.35. The molecule has 1 fully saturated rings. The third kappa shape index (κ3) is 3.29. The van der Waals surface area contributed by atoms with E-state index in [9.17, 15) is 14.0 Å². The molecule has 3 heterocycles. The molecule has 0 aliphatic carbocycles. The van der Waals surface area contributed by atoms with Gasteiger partial charge in [-0.15, -0.1) is 11.3 Å². The topological polar surface area (TPSA) is 79.5 Å². The fourth-order valence-electron chi connectivity index (χ4n) is 3.91. The number of hydrogen-bond acceptors (Lipinski definition) is 4. The molecule has 3 amide bonds. The number of ether oxygens (including phenoxy) is 1. The molecule has 1 aromatic heterocycles. The van der Waals surface area contributed by atoms with Crippen LogP contribution in [-0.4, -0.2) is 31.1 Å². The van der Waals surface area contributed by atoms with Crippen LogP contribution in [0.15, 0.2) is 42.5 Å². The zero-order chi connectivity index (χ0) is 20.0. The molecule has 0 spiro atoms. The molecule has 29 heavy (non-hydrogen) atoms. The van der Waals surface area contributed by atoms with Gasteiger partial charge in [-0.05, 0) is 34.7 Å². The number of benzene rings is 2. The van der Waals surface area contributed by atoms with Gasteiger partial charge in [-0.3, -0.25) is 10.1 Å². The Morgan fingerprint density at radius 2 is 2.10 bits per heavy atom. The molecule has 6 nitrogen and oxygen atoms in total. The molecule has 0 radical (unpaired) electrons. The zero-order valence-electron chi connectivity index (χ0n) is 15.3. The van der Waals surface area contributed by atoms with Crippen LogP contribution in [0.5, 0.6) is 5.75 Å². The van der Waals surface area contributed by atoms with Gasteiger partial charge >= 0.3 is 6.03 Å². The summed E-state index contributed by atoms with van der Waals surface area (Å²) in [6.45, 7) is 0.794. The van der Waals surface area contributed by atoms with Crippen LogP contribution in [0, 0.1) is 5.82 Å². The molecule has 5 rings (SSSR count). The molecular formula is C21H18FN3O3S. The van der Waals surface area contributed by atoms with E-state index in [1.54, 1.807) is 6.07 Å². The molecular weight excluding hydrogens is 393 g/mol. The van der Waals surface area contributed by atoms with E-state index in [1.807, 2.05) is 30.3 Å². The van der Waals surface area contributed by atoms with Gasteiger partial charge in [0.2, 0.25) is 5.91 Å². The third-order valence-corrected chi connectivity index (χ3v) is 6.37. The normalized spacial score (nSPS) is 20.2. The first-order valence-corrected chi connectivity index (χ1v) is 10.2. The van der Waals surface area contributed by atoms with Crippen molar-refractivity contribution in [3.05, 3.63) is 59.4 Å². The van der Waals surface area contributed by atoms with Gasteiger partial charge in [0.25, 0.3) is 0 Å². The highest BCUT2D eigenvalue weighted by molar-refractivity contribution is 7.22. The van der Waals surface area contributed by atoms with Crippen molar-refractivity contribution in [2.45, 2.75) is 18.4 Å². The van der Waals surface area contributed by atoms with Crippen LogP contribution in [0.25, 0.3) is 10.1 Å². The minimum Gasteiger partial charge on any atom is -0.493 e. The van der Waals surface area contributed by atoms with Crippen molar-refractivity contribution in [2.75, 3.05) is 18.5 Å². The lowest BCUT2D eigenvalue weighted by Gasteiger charge is -2.20. The van der Waals surface area contributed by atoms with Gasteiger partial charge in [-0.1, -0.05) is 18.2 Å². The average molecular weight is 411 g/mol. The van der Waals surface area contributed by atoms with Crippen molar-refractivity contribution in [2.24, 2.45) is 0 Å². The Morgan fingerprint density at radius 1 is 1.24 bits per heavy atom. The van der Waals surface area contributed by atoms with Crippen LogP contribution in [0.4, 0.5) is 14.2 Å². The molecule has 0 unspecified atom stereocenters. The van der Waals surface area contributed by atoms with E-state index in [-0.39, 0.29) is 12.5 Å². The van der Waals surface area contributed by atoms with Gasteiger partial charge in [-0.2, -0.15) is 0 Å². The number of carbonyl (C=O) groups is 2. The second kappa shape index (κ2) is 7.04. The Bertz CT molecular complexity index is 1100. The molecule has 148 valence electrons. The van der Waals surface area contributed by atoms with E-state index in [2.05, 4.69) is 16.0 Å². The smallest absolute Gasteiger partial charge is 0.320 e. The fourth-order valence-corrected chi connectivity index (χ4v) is 4.87. The minimum absolute atomic E-state index is 0.267. The maximum atomic E-state index is 14.7. The zero-order valence-corrected chi connectivity index (χ0v) is 16.1. The summed E-state index contributed by atoms with van der Waals surface area (Å²) >= 11 is 1.45. The highest BCUT2D eigenvalue weighted by Crippen LogP contribution is 2.34. The van der Waals surface area contributed by atoms with Gasteiger partial charge in [0.05, 0.1) is 11.6 Å². The quantitative estimate of drug-likeness (QED) is 0.618. The lowest BCUT2D eigenvalue weighted by atomic mass is 9.91. The number of hydrogen-bond donors (Lipinski definition) is 3. The molecule has 0 saturated carbocycles. The number of anilines is 1. The summed E-state index contributed by atoms with van der Waals surface area (Å²) in [5.41, 5.74) is 1.34. The molecule has 1 saturated heterocycles. The lowest BCUT2D eigenvalue weighted by Crippen LogP contribution is -2.44. The van der Waals surface area contributed by atoms with Gasteiger partial charge < -0.3 is 15.4 Å². The maximum absolute atomic E-state index is 14.7. The number of amides is 3. The van der Waals surface area contributed by atoms with Crippen LogP contribution in [0.2, 0.25) is 0 Å². The van der Waals surface area contributed by atoms with E-state index in [1.165, 1.54) is 17.4 Å². The van der Waals surface area contributed by atoms with Crippen molar-refractivity contribution in [3.63, 3.8) is 0 Å². The monoisotopic (exact) mass is 411 g/mol. The molecule has 3 N–H and O–H groups in total. The molecule has 2 aliphatic heterocycles. The van der Waals surface area contributed by atoms with Crippen LogP contribution in [-0.2, 0) is 11.2 Å². The Hall–Kier alpha value is -3.13. The molecule has 0 bridgehead atoms. The number of urea groups is 1. The summed E-state index contributed by atoms with van der Waals surface area (Å²) in [7, 11) is 0. The first-order valence-electron chi connectivity index (χ1n) is 9.37. The Morgan fingerprint density at radius 3 is 2.97 bits per heavy atom. The molecule has 8 heteroatoms. The Labute approximate surface area is 170 Å². The fraction of sp³-hybridized carbons (Fsp3) is 0.238. The predicted octanol–water partition coefficient (Wildman–Crippen LogP) is 3.38. The SMILES string of the molecule is O=C(Nc1cc2ccccc2s1)N[C@@H]1C(=O)NC[C@H]1c1cc2c(cc1F)OCC2. The summed E-state index contributed by atoms with van der Waals surface area (Å²) in [6.07, 6.45) is 0.710. The van der Waals surface area contributed by atoms with Crippen molar-refractivity contribution in [1.29, 1.82) is 0 Å². The van der Waals surface area contributed by atoms with Crippen LogP contribution in [0.3, 0.4) is 0 Å². The van der Waals surface area contributed by atoms with Crippen molar-refractivity contribution in [1.82, 2.24) is 10.6 Å². The number of rotatable bonds is 3. The van der Waals surface area contributed by atoms with E-state index in [4.69, 9.17) is 4.74 Å². The van der Waals surface area contributed by atoms with Crippen LogP contribution >= 0.6 is 11.3 Å². The van der Waals surface area contributed by atoms with Crippen LogP contribution < -0.4 is 20.7 Å². The second-order valence-electron chi connectivity index (χ2n) is 7.16. The molecule has 2 atom stereocenters. The lowest BCUT2D eigenvalue weighted by molar-refractivity contribution is -0.120. The van der Waals surface area contributed by atoms with Crippen LogP contribution in [0.1, 0.15) is 17.0 Å². The van der Waals surface area contributed by atoms with Crippen molar-refractivity contribution < 1.29 is 18.7 Å². The number of thiophene rings is 1. The number of nitrogens with one attached hydrogen (secondary N) is 3. The number of fused-ring (bicyclic) bond motifs is 2. The summed E-state index contributed by atoms with van der Waals surface area (Å²) in [5, 5.41) is 9.93. The molecule has 3 aromatic rings. The number of halogens is 1.